The highest BCUT2D eigenvalue weighted by atomic mass is 32.2. The van der Waals surface area contributed by atoms with E-state index in [1.165, 1.54) is 4.31 Å². The molecule has 0 aromatic heterocycles. The maximum absolute atomic E-state index is 13.4. The number of amides is 1. The van der Waals surface area contributed by atoms with Gasteiger partial charge >= 0.3 is 0 Å². The van der Waals surface area contributed by atoms with Crippen molar-refractivity contribution in [3.05, 3.63) is 59.7 Å². The fraction of sp³-hybridized carbons (Fsp3) is 0.458. The SMILES string of the molecule is Cc1ccc(N(CC(=O)NCCC2CCN(C)CC2)S(=O)(=O)c2ccc(C)cc2)cc1. The van der Waals surface area contributed by atoms with Crippen molar-refractivity contribution in [1.82, 2.24) is 10.2 Å². The first-order chi connectivity index (χ1) is 14.8. The van der Waals surface area contributed by atoms with Crippen LogP contribution in [0.1, 0.15) is 30.4 Å². The average Bonchev–Trinajstić information content (AvgIpc) is 2.74. The van der Waals surface area contributed by atoms with Crippen LogP contribution < -0.4 is 9.62 Å². The monoisotopic (exact) mass is 443 g/mol. The van der Waals surface area contributed by atoms with Crippen molar-refractivity contribution in [2.75, 3.05) is 37.5 Å². The second kappa shape index (κ2) is 10.3. The largest absolute Gasteiger partial charge is 0.355 e. The molecule has 1 amide bonds. The summed E-state index contributed by atoms with van der Waals surface area (Å²) in [5.41, 5.74) is 2.49. The number of carbonyl (C=O) groups excluding carboxylic acids is 1. The number of hydrogen-bond donors (Lipinski definition) is 1. The van der Waals surface area contributed by atoms with Crippen LogP contribution in [-0.2, 0) is 14.8 Å². The number of nitrogens with one attached hydrogen (secondary N) is 1. The maximum Gasteiger partial charge on any atom is 0.264 e. The molecule has 1 aliphatic rings. The first kappa shape index (κ1) is 23.3. The van der Waals surface area contributed by atoms with Crippen molar-refractivity contribution < 1.29 is 13.2 Å². The number of hydrogen-bond acceptors (Lipinski definition) is 4. The van der Waals surface area contributed by atoms with Gasteiger partial charge in [-0.2, -0.15) is 0 Å². The minimum Gasteiger partial charge on any atom is -0.355 e. The van der Waals surface area contributed by atoms with Crippen molar-refractivity contribution in [2.45, 2.75) is 38.0 Å². The molecule has 0 atom stereocenters. The number of likely N-dealkylation sites (tertiary alicyclic amines) is 1. The molecule has 1 heterocycles. The molecule has 1 N–H and O–H groups in total. The van der Waals surface area contributed by atoms with Gasteiger partial charge in [0.15, 0.2) is 0 Å². The predicted octanol–water partition coefficient (Wildman–Crippen LogP) is 3.35. The summed E-state index contributed by atoms with van der Waals surface area (Å²) in [6.07, 6.45) is 3.21. The van der Waals surface area contributed by atoms with E-state index in [0.717, 1.165) is 43.5 Å². The van der Waals surface area contributed by atoms with Gasteiger partial charge in [0.25, 0.3) is 10.0 Å². The summed E-state index contributed by atoms with van der Waals surface area (Å²) in [4.78, 5) is 15.2. The van der Waals surface area contributed by atoms with Crippen molar-refractivity contribution >= 4 is 21.6 Å². The Hall–Kier alpha value is -2.38. The number of carbonyl (C=O) groups is 1. The van der Waals surface area contributed by atoms with Crippen LogP contribution in [0, 0.1) is 19.8 Å². The van der Waals surface area contributed by atoms with Gasteiger partial charge in [0, 0.05) is 6.54 Å². The van der Waals surface area contributed by atoms with Gasteiger partial charge in [-0.05, 0) is 83.4 Å². The summed E-state index contributed by atoms with van der Waals surface area (Å²) in [5.74, 6) is 0.324. The predicted molar refractivity (Wildman–Crippen MR) is 125 cm³/mol. The molecule has 168 valence electrons. The summed E-state index contributed by atoms with van der Waals surface area (Å²) in [5, 5.41) is 2.93. The van der Waals surface area contributed by atoms with Crippen LogP contribution in [0.15, 0.2) is 53.4 Å². The molecule has 2 aromatic rings. The molecule has 0 spiro atoms. The zero-order chi connectivity index (χ0) is 22.4. The van der Waals surface area contributed by atoms with Crippen molar-refractivity contribution in [3.8, 4) is 0 Å². The molecule has 0 aliphatic carbocycles. The van der Waals surface area contributed by atoms with Crippen molar-refractivity contribution in [3.63, 3.8) is 0 Å². The van der Waals surface area contributed by atoms with Crippen LogP contribution in [0.5, 0.6) is 0 Å². The van der Waals surface area contributed by atoms with Crippen LogP contribution in [0.3, 0.4) is 0 Å². The molecule has 31 heavy (non-hydrogen) atoms. The first-order valence-corrected chi connectivity index (χ1v) is 12.3. The molecule has 1 fully saturated rings. The number of sulfonamides is 1. The van der Waals surface area contributed by atoms with Crippen molar-refractivity contribution in [1.29, 1.82) is 0 Å². The van der Waals surface area contributed by atoms with Gasteiger partial charge in [0.2, 0.25) is 5.91 Å². The Morgan fingerprint density at radius 1 is 1.00 bits per heavy atom. The highest BCUT2D eigenvalue weighted by molar-refractivity contribution is 7.92. The highest BCUT2D eigenvalue weighted by Crippen LogP contribution is 2.24. The number of aryl methyl sites for hydroxylation is 2. The second-order valence-electron chi connectivity index (χ2n) is 8.55. The third-order valence-electron chi connectivity index (χ3n) is 5.93. The Kier molecular flexibility index (Phi) is 7.73. The third-order valence-corrected chi connectivity index (χ3v) is 7.72. The van der Waals surface area contributed by atoms with Crippen LogP contribution in [0.25, 0.3) is 0 Å². The number of piperidine rings is 1. The maximum atomic E-state index is 13.4. The van der Waals surface area contributed by atoms with E-state index in [2.05, 4.69) is 17.3 Å². The lowest BCUT2D eigenvalue weighted by molar-refractivity contribution is -0.119. The zero-order valence-corrected chi connectivity index (χ0v) is 19.5. The molecule has 1 saturated heterocycles. The smallest absolute Gasteiger partial charge is 0.264 e. The summed E-state index contributed by atoms with van der Waals surface area (Å²) < 4.78 is 27.9. The van der Waals surface area contributed by atoms with E-state index in [4.69, 9.17) is 0 Å². The molecule has 1 aliphatic heterocycles. The summed E-state index contributed by atoms with van der Waals surface area (Å²) in [7, 11) is -1.73. The lowest BCUT2D eigenvalue weighted by Gasteiger charge is -2.29. The summed E-state index contributed by atoms with van der Waals surface area (Å²) in [6.45, 7) is 6.36. The average molecular weight is 444 g/mol. The van der Waals surface area contributed by atoms with E-state index < -0.39 is 10.0 Å². The van der Waals surface area contributed by atoms with E-state index in [-0.39, 0.29) is 17.3 Å². The number of anilines is 1. The minimum absolute atomic E-state index is 0.179. The quantitative estimate of drug-likeness (QED) is 0.679. The molecule has 0 radical (unpaired) electrons. The van der Waals surface area contributed by atoms with Crippen LogP contribution in [-0.4, -0.2) is 52.5 Å². The normalized spacial score (nSPS) is 15.6. The van der Waals surface area contributed by atoms with Crippen LogP contribution in [0.4, 0.5) is 5.69 Å². The van der Waals surface area contributed by atoms with Gasteiger partial charge < -0.3 is 10.2 Å². The van der Waals surface area contributed by atoms with Gasteiger partial charge in [0.1, 0.15) is 6.54 Å². The first-order valence-electron chi connectivity index (χ1n) is 10.9. The number of nitrogens with zero attached hydrogens (tertiary/aromatic N) is 2. The molecule has 6 nitrogen and oxygen atoms in total. The molecular weight excluding hydrogens is 410 g/mol. The second-order valence-corrected chi connectivity index (χ2v) is 10.4. The van der Waals surface area contributed by atoms with Crippen LogP contribution >= 0.6 is 0 Å². The molecule has 2 aromatic carbocycles. The Balaban J connectivity index is 1.70. The topological polar surface area (TPSA) is 69.7 Å². The van der Waals surface area contributed by atoms with Gasteiger partial charge in [0.05, 0.1) is 10.6 Å². The van der Waals surface area contributed by atoms with Gasteiger partial charge in [-0.25, -0.2) is 8.42 Å². The minimum atomic E-state index is -3.86. The zero-order valence-electron chi connectivity index (χ0n) is 18.7. The van der Waals surface area contributed by atoms with Crippen LogP contribution in [0.2, 0.25) is 0 Å². The Morgan fingerprint density at radius 3 is 2.13 bits per heavy atom. The van der Waals surface area contributed by atoms with Gasteiger partial charge in [-0.3, -0.25) is 9.10 Å². The highest BCUT2D eigenvalue weighted by Gasteiger charge is 2.27. The van der Waals surface area contributed by atoms with E-state index in [1.807, 2.05) is 26.0 Å². The Bertz CT molecular complexity index is 964. The molecule has 3 rings (SSSR count). The number of rotatable bonds is 8. The summed E-state index contributed by atoms with van der Waals surface area (Å²) >= 11 is 0. The van der Waals surface area contributed by atoms with Gasteiger partial charge in [-0.15, -0.1) is 0 Å². The third kappa shape index (κ3) is 6.31. The molecule has 0 saturated carbocycles. The fourth-order valence-corrected chi connectivity index (χ4v) is 5.24. The van der Waals surface area contributed by atoms with Gasteiger partial charge in [-0.1, -0.05) is 35.4 Å². The van der Waals surface area contributed by atoms with E-state index in [1.54, 1.807) is 36.4 Å². The molecule has 0 bridgehead atoms. The van der Waals surface area contributed by atoms with E-state index in [9.17, 15) is 13.2 Å². The van der Waals surface area contributed by atoms with Crippen molar-refractivity contribution in [2.24, 2.45) is 5.92 Å². The summed E-state index contributed by atoms with van der Waals surface area (Å²) in [6, 6.07) is 13.9. The lowest BCUT2D eigenvalue weighted by atomic mass is 9.94. The lowest BCUT2D eigenvalue weighted by Crippen LogP contribution is -2.41. The molecule has 7 heteroatoms. The fourth-order valence-electron chi connectivity index (χ4n) is 3.82. The molecular formula is C24H33N3O3S. The Morgan fingerprint density at radius 2 is 1.55 bits per heavy atom. The number of benzene rings is 2. The standard InChI is InChI=1S/C24H33N3O3S/c1-19-4-8-22(9-5-19)27(31(29,30)23-10-6-20(2)7-11-23)18-24(28)25-15-12-21-13-16-26(3)17-14-21/h4-11,21H,12-18H2,1-3H3,(H,25,28). The Labute approximate surface area is 186 Å². The van der Waals surface area contributed by atoms with E-state index >= 15 is 0 Å². The van der Waals surface area contributed by atoms with E-state index in [0.29, 0.717) is 18.2 Å². The molecule has 0 unspecified atom stereocenters.